The molecule has 0 saturated heterocycles. The second kappa shape index (κ2) is 8.21. The molecule has 9 nitrogen and oxygen atoms in total. The summed E-state index contributed by atoms with van der Waals surface area (Å²) in [5.74, 6) is 1.16. The maximum atomic E-state index is 12.4. The molecule has 0 spiro atoms. The number of benzene rings is 2. The van der Waals surface area contributed by atoms with E-state index in [4.69, 9.17) is 9.47 Å². The Bertz CT molecular complexity index is 1160. The molecule has 9 heteroatoms. The van der Waals surface area contributed by atoms with E-state index in [1.807, 2.05) is 19.9 Å². The smallest absolute Gasteiger partial charge is 0.270 e. The Morgan fingerprint density at radius 2 is 2.07 bits per heavy atom. The minimum absolute atomic E-state index is 0.00112. The highest BCUT2D eigenvalue weighted by atomic mass is 16.7. The molecule has 2 heterocycles. The summed E-state index contributed by atoms with van der Waals surface area (Å²) in [5, 5.41) is 11.9. The molecule has 0 atom stereocenters. The van der Waals surface area contributed by atoms with Crippen molar-refractivity contribution in [2.24, 2.45) is 0 Å². The molecule has 4 rings (SSSR count). The molecule has 1 aliphatic heterocycles. The first-order chi connectivity index (χ1) is 14.4. The first kappa shape index (κ1) is 20.0. The largest absolute Gasteiger partial charge is 0.467 e. The third-order valence-corrected chi connectivity index (χ3v) is 5.10. The van der Waals surface area contributed by atoms with Crippen LogP contribution in [0, 0.1) is 10.1 Å². The van der Waals surface area contributed by atoms with Gasteiger partial charge in [0, 0.05) is 35.8 Å². The van der Waals surface area contributed by atoms with Crippen LogP contribution in [-0.2, 0) is 24.4 Å². The standard InChI is InChI=1S/C21H22N4O5/c1-13(2)24(10-19-22-18-6-4-3-5-17(18)21(26)23-19)9-14-7-16(25(27)28)8-15-11-29-12-30-20(14)15/h3-8,13H,9-12H2,1-2H3,(H,22,23,26). The summed E-state index contributed by atoms with van der Waals surface area (Å²) in [5.41, 5.74) is 1.81. The van der Waals surface area contributed by atoms with Crippen LogP contribution in [0.15, 0.2) is 41.2 Å². The summed E-state index contributed by atoms with van der Waals surface area (Å²) in [7, 11) is 0. The van der Waals surface area contributed by atoms with Gasteiger partial charge in [-0.25, -0.2) is 4.98 Å². The van der Waals surface area contributed by atoms with E-state index in [-0.39, 0.29) is 30.7 Å². The number of nitro groups is 1. The molecule has 30 heavy (non-hydrogen) atoms. The van der Waals surface area contributed by atoms with Crippen molar-refractivity contribution in [1.82, 2.24) is 14.9 Å². The summed E-state index contributed by atoms with van der Waals surface area (Å²) in [6, 6.07) is 10.3. The van der Waals surface area contributed by atoms with Gasteiger partial charge in [0.25, 0.3) is 11.2 Å². The van der Waals surface area contributed by atoms with Crippen LogP contribution in [0.25, 0.3) is 10.9 Å². The van der Waals surface area contributed by atoms with E-state index in [9.17, 15) is 14.9 Å². The zero-order chi connectivity index (χ0) is 21.3. The van der Waals surface area contributed by atoms with Crippen molar-refractivity contribution in [1.29, 1.82) is 0 Å². The second-order valence-corrected chi connectivity index (χ2v) is 7.49. The summed E-state index contributed by atoms with van der Waals surface area (Å²) in [4.78, 5) is 32.9. The lowest BCUT2D eigenvalue weighted by atomic mass is 10.1. The Labute approximate surface area is 172 Å². The van der Waals surface area contributed by atoms with Gasteiger partial charge < -0.3 is 14.5 Å². The van der Waals surface area contributed by atoms with Crippen molar-refractivity contribution < 1.29 is 14.4 Å². The van der Waals surface area contributed by atoms with Gasteiger partial charge in [-0.3, -0.25) is 19.8 Å². The molecule has 0 amide bonds. The van der Waals surface area contributed by atoms with Gasteiger partial charge in [0.15, 0.2) is 6.79 Å². The summed E-state index contributed by atoms with van der Waals surface area (Å²) >= 11 is 0. The van der Waals surface area contributed by atoms with E-state index in [0.29, 0.717) is 46.7 Å². The number of rotatable bonds is 6. The molecule has 0 saturated carbocycles. The van der Waals surface area contributed by atoms with Crippen molar-refractivity contribution in [3.05, 3.63) is 73.8 Å². The number of ether oxygens (including phenoxy) is 2. The number of non-ortho nitro benzene ring substituents is 1. The fourth-order valence-corrected chi connectivity index (χ4v) is 3.55. The highest BCUT2D eigenvalue weighted by Crippen LogP contribution is 2.34. The van der Waals surface area contributed by atoms with E-state index in [2.05, 4.69) is 14.9 Å². The monoisotopic (exact) mass is 410 g/mol. The molecule has 0 radical (unpaired) electrons. The number of aromatic amines is 1. The lowest BCUT2D eigenvalue weighted by molar-refractivity contribution is -0.385. The van der Waals surface area contributed by atoms with Crippen LogP contribution in [0.5, 0.6) is 5.75 Å². The minimum Gasteiger partial charge on any atom is -0.467 e. The maximum Gasteiger partial charge on any atom is 0.270 e. The van der Waals surface area contributed by atoms with Crippen molar-refractivity contribution in [3.63, 3.8) is 0 Å². The van der Waals surface area contributed by atoms with Gasteiger partial charge >= 0.3 is 0 Å². The molecule has 1 N–H and O–H groups in total. The first-order valence-electron chi connectivity index (χ1n) is 9.65. The Balaban J connectivity index is 1.67. The number of nitrogens with one attached hydrogen (secondary N) is 1. The SMILES string of the molecule is CC(C)N(Cc1nc2ccccc2c(=O)[nH]1)Cc1cc([N+](=O)[O-])cc2c1OCOC2. The summed E-state index contributed by atoms with van der Waals surface area (Å²) in [6.07, 6.45) is 0. The lowest BCUT2D eigenvalue weighted by Crippen LogP contribution is -2.32. The van der Waals surface area contributed by atoms with E-state index in [1.54, 1.807) is 18.2 Å². The maximum absolute atomic E-state index is 12.4. The first-order valence-corrected chi connectivity index (χ1v) is 9.65. The molecule has 156 valence electrons. The third-order valence-electron chi connectivity index (χ3n) is 5.10. The number of nitrogens with zero attached hydrogens (tertiary/aromatic N) is 3. The zero-order valence-corrected chi connectivity index (χ0v) is 16.8. The topological polar surface area (TPSA) is 111 Å². The zero-order valence-electron chi connectivity index (χ0n) is 16.8. The average Bonchev–Trinajstić information content (AvgIpc) is 2.73. The summed E-state index contributed by atoms with van der Waals surface area (Å²) < 4.78 is 10.9. The highest BCUT2D eigenvalue weighted by molar-refractivity contribution is 5.77. The number of hydrogen-bond acceptors (Lipinski definition) is 7. The van der Waals surface area contributed by atoms with Gasteiger partial charge in [-0.05, 0) is 26.0 Å². The van der Waals surface area contributed by atoms with Crippen LogP contribution in [-0.4, -0.2) is 32.6 Å². The highest BCUT2D eigenvalue weighted by Gasteiger charge is 2.23. The Morgan fingerprint density at radius 3 is 2.83 bits per heavy atom. The Kier molecular flexibility index (Phi) is 5.47. The molecule has 0 aliphatic carbocycles. The van der Waals surface area contributed by atoms with Gasteiger partial charge in [-0.15, -0.1) is 0 Å². The molecule has 2 aromatic carbocycles. The molecule has 3 aromatic rings. The van der Waals surface area contributed by atoms with Crippen molar-refractivity contribution in [2.75, 3.05) is 6.79 Å². The fourth-order valence-electron chi connectivity index (χ4n) is 3.55. The third kappa shape index (κ3) is 4.03. The molecular weight excluding hydrogens is 388 g/mol. The average molecular weight is 410 g/mol. The van der Waals surface area contributed by atoms with Gasteiger partial charge in [-0.1, -0.05) is 12.1 Å². The van der Waals surface area contributed by atoms with E-state index < -0.39 is 4.92 Å². The fraction of sp³-hybridized carbons (Fsp3) is 0.333. The normalized spacial score (nSPS) is 13.5. The van der Waals surface area contributed by atoms with Crippen LogP contribution < -0.4 is 10.3 Å². The Hall–Kier alpha value is -3.30. The number of aromatic nitrogens is 2. The number of fused-ring (bicyclic) bond motifs is 2. The van der Waals surface area contributed by atoms with Crippen molar-refractivity contribution in [3.8, 4) is 5.75 Å². The van der Waals surface area contributed by atoms with E-state index >= 15 is 0 Å². The molecule has 1 aliphatic rings. The van der Waals surface area contributed by atoms with Crippen LogP contribution in [0.3, 0.4) is 0 Å². The van der Waals surface area contributed by atoms with Crippen LogP contribution >= 0.6 is 0 Å². The number of para-hydroxylation sites is 1. The molecule has 1 aromatic heterocycles. The predicted molar refractivity (Wildman–Crippen MR) is 110 cm³/mol. The molecule has 0 fully saturated rings. The van der Waals surface area contributed by atoms with E-state index in [0.717, 1.165) is 0 Å². The quantitative estimate of drug-likeness (QED) is 0.491. The Morgan fingerprint density at radius 1 is 1.27 bits per heavy atom. The molecular formula is C21H22N4O5. The van der Waals surface area contributed by atoms with Gasteiger partial charge in [0.1, 0.15) is 11.6 Å². The van der Waals surface area contributed by atoms with Crippen LogP contribution in [0.1, 0.15) is 30.8 Å². The van der Waals surface area contributed by atoms with E-state index in [1.165, 1.54) is 12.1 Å². The minimum atomic E-state index is -0.416. The number of nitro benzene ring substituents is 1. The molecule has 0 unspecified atom stereocenters. The van der Waals surface area contributed by atoms with Crippen molar-refractivity contribution in [2.45, 2.75) is 39.6 Å². The summed E-state index contributed by atoms with van der Waals surface area (Å²) in [6.45, 7) is 5.20. The number of H-pyrrole nitrogens is 1. The van der Waals surface area contributed by atoms with Crippen LogP contribution in [0.2, 0.25) is 0 Å². The van der Waals surface area contributed by atoms with Crippen molar-refractivity contribution >= 4 is 16.6 Å². The van der Waals surface area contributed by atoms with Gasteiger partial charge in [0.05, 0.1) is 29.0 Å². The number of hydrogen-bond donors (Lipinski definition) is 1. The van der Waals surface area contributed by atoms with Crippen LogP contribution in [0.4, 0.5) is 5.69 Å². The van der Waals surface area contributed by atoms with Gasteiger partial charge in [0.2, 0.25) is 0 Å². The second-order valence-electron chi connectivity index (χ2n) is 7.49. The lowest BCUT2D eigenvalue weighted by Gasteiger charge is -2.28. The predicted octanol–water partition coefficient (Wildman–Crippen LogP) is 3.11. The molecule has 0 bridgehead atoms. The van der Waals surface area contributed by atoms with Gasteiger partial charge in [-0.2, -0.15) is 0 Å².